The smallest absolute Gasteiger partial charge is 0.290 e. The SMILES string of the molecule is CC(C)(C)c1nc(C(=O)NCCc2ccc(O)cc2)n[nH]1. The molecule has 1 aromatic carbocycles. The lowest BCUT2D eigenvalue weighted by Crippen LogP contribution is -2.27. The van der Waals surface area contributed by atoms with Crippen LogP contribution in [0.25, 0.3) is 0 Å². The van der Waals surface area contributed by atoms with Gasteiger partial charge >= 0.3 is 0 Å². The van der Waals surface area contributed by atoms with E-state index in [1.54, 1.807) is 12.1 Å². The number of phenols is 1. The molecule has 2 aromatic rings. The Morgan fingerprint density at radius 1 is 1.29 bits per heavy atom. The molecule has 21 heavy (non-hydrogen) atoms. The van der Waals surface area contributed by atoms with Gasteiger partial charge in [0.25, 0.3) is 5.91 Å². The average molecular weight is 288 g/mol. The Bertz CT molecular complexity index is 611. The molecule has 6 heteroatoms. The fraction of sp³-hybridized carbons (Fsp3) is 0.400. The molecule has 2 rings (SSSR count). The third-order valence-corrected chi connectivity index (χ3v) is 3.03. The van der Waals surface area contributed by atoms with E-state index in [0.717, 1.165) is 5.56 Å². The predicted octanol–water partition coefficient (Wildman–Crippen LogP) is 1.78. The van der Waals surface area contributed by atoms with Crippen molar-refractivity contribution >= 4 is 5.91 Å². The number of amides is 1. The summed E-state index contributed by atoms with van der Waals surface area (Å²) < 4.78 is 0. The van der Waals surface area contributed by atoms with E-state index in [-0.39, 0.29) is 22.9 Å². The molecule has 0 saturated carbocycles. The molecule has 0 spiro atoms. The second-order valence-electron chi connectivity index (χ2n) is 5.93. The predicted molar refractivity (Wildman–Crippen MR) is 79.2 cm³/mol. The number of aromatic nitrogens is 3. The quantitative estimate of drug-likeness (QED) is 0.799. The van der Waals surface area contributed by atoms with Crippen LogP contribution in [0.4, 0.5) is 0 Å². The summed E-state index contributed by atoms with van der Waals surface area (Å²) in [5.74, 6) is 0.788. The Kier molecular flexibility index (Phi) is 4.26. The summed E-state index contributed by atoms with van der Waals surface area (Å²) in [6.45, 7) is 6.49. The number of hydrogen-bond donors (Lipinski definition) is 3. The van der Waals surface area contributed by atoms with Crippen LogP contribution in [0.5, 0.6) is 5.75 Å². The fourth-order valence-electron chi connectivity index (χ4n) is 1.76. The molecule has 1 amide bonds. The highest BCUT2D eigenvalue weighted by molar-refractivity contribution is 5.90. The highest BCUT2D eigenvalue weighted by Gasteiger charge is 2.20. The molecule has 0 radical (unpaired) electrons. The third-order valence-electron chi connectivity index (χ3n) is 3.03. The van der Waals surface area contributed by atoms with Gasteiger partial charge in [-0.1, -0.05) is 32.9 Å². The molecule has 112 valence electrons. The second-order valence-corrected chi connectivity index (χ2v) is 5.93. The van der Waals surface area contributed by atoms with Crippen LogP contribution in [-0.4, -0.2) is 32.7 Å². The first-order chi connectivity index (χ1) is 9.86. The van der Waals surface area contributed by atoms with Gasteiger partial charge < -0.3 is 10.4 Å². The van der Waals surface area contributed by atoms with Crippen molar-refractivity contribution in [2.75, 3.05) is 6.54 Å². The van der Waals surface area contributed by atoms with Crippen molar-refractivity contribution in [2.24, 2.45) is 0 Å². The first-order valence-corrected chi connectivity index (χ1v) is 6.85. The Morgan fingerprint density at radius 2 is 1.95 bits per heavy atom. The van der Waals surface area contributed by atoms with E-state index in [4.69, 9.17) is 0 Å². The number of phenolic OH excluding ortho intramolecular Hbond substituents is 1. The van der Waals surface area contributed by atoms with E-state index in [9.17, 15) is 9.90 Å². The van der Waals surface area contributed by atoms with Crippen LogP contribution in [0.3, 0.4) is 0 Å². The van der Waals surface area contributed by atoms with Crippen molar-refractivity contribution in [3.05, 3.63) is 41.5 Å². The molecule has 0 bridgehead atoms. The fourth-order valence-corrected chi connectivity index (χ4v) is 1.76. The minimum atomic E-state index is -0.291. The van der Waals surface area contributed by atoms with Crippen LogP contribution in [0.15, 0.2) is 24.3 Å². The minimum absolute atomic E-state index is 0.158. The minimum Gasteiger partial charge on any atom is -0.508 e. The van der Waals surface area contributed by atoms with Crippen molar-refractivity contribution in [3.8, 4) is 5.75 Å². The molecule has 1 heterocycles. The molecule has 0 unspecified atom stereocenters. The summed E-state index contributed by atoms with van der Waals surface area (Å²) in [6, 6.07) is 6.90. The molecule has 3 N–H and O–H groups in total. The Balaban J connectivity index is 1.87. The van der Waals surface area contributed by atoms with E-state index in [1.165, 1.54) is 0 Å². The molecule has 1 aromatic heterocycles. The van der Waals surface area contributed by atoms with Gasteiger partial charge in [0.15, 0.2) is 0 Å². The van der Waals surface area contributed by atoms with Gasteiger partial charge in [-0.2, -0.15) is 0 Å². The van der Waals surface area contributed by atoms with E-state index in [1.807, 2.05) is 32.9 Å². The van der Waals surface area contributed by atoms with Crippen molar-refractivity contribution in [1.29, 1.82) is 0 Å². The van der Waals surface area contributed by atoms with Crippen LogP contribution in [0.2, 0.25) is 0 Å². The van der Waals surface area contributed by atoms with Crippen LogP contribution >= 0.6 is 0 Å². The average Bonchev–Trinajstić information content (AvgIpc) is 2.90. The maximum Gasteiger partial charge on any atom is 0.290 e. The molecule has 0 fully saturated rings. The van der Waals surface area contributed by atoms with Gasteiger partial charge in [0.1, 0.15) is 11.6 Å². The maximum absolute atomic E-state index is 11.9. The van der Waals surface area contributed by atoms with Crippen molar-refractivity contribution < 1.29 is 9.90 Å². The number of aromatic hydroxyl groups is 1. The summed E-state index contributed by atoms with van der Waals surface area (Å²) in [5.41, 5.74) is 0.871. The molecular weight excluding hydrogens is 268 g/mol. The van der Waals surface area contributed by atoms with Crippen LogP contribution < -0.4 is 5.32 Å². The molecule has 0 aliphatic heterocycles. The largest absolute Gasteiger partial charge is 0.508 e. The number of nitrogens with one attached hydrogen (secondary N) is 2. The number of nitrogens with zero attached hydrogens (tertiary/aromatic N) is 2. The van der Waals surface area contributed by atoms with E-state index < -0.39 is 0 Å². The lowest BCUT2D eigenvalue weighted by atomic mass is 9.96. The Hall–Kier alpha value is -2.37. The third kappa shape index (κ3) is 4.05. The zero-order valence-corrected chi connectivity index (χ0v) is 12.5. The number of H-pyrrole nitrogens is 1. The number of hydrogen-bond acceptors (Lipinski definition) is 4. The van der Waals surface area contributed by atoms with Gasteiger partial charge in [0, 0.05) is 12.0 Å². The van der Waals surface area contributed by atoms with Gasteiger partial charge in [-0.3, -0.25) is 9.89 Å². The van der Waals surface area contributed by atoms with Gasteiger partial charge in [0.2, 0.25) is 5.82 Å². The van der Waals surface area contributed by atoms with Crippen molar-refractivity contribution in [1.82, 2.24) is 20.5 Å². The number of benzene rings is 1. The van der Waals surface area contributed by atoms with Gasteiger partial charge in [-0.05, 0) is 24.1 Å². The monoisotopic (exact) mass is 288 g/mol. The van der Waals surface area contributed by atoms with E-state index in [0.29, 0.717) is 18.8 Å². The topological polar surface area (TPSA) is 90.9 Å². The normalized spacial score (nSPS) is 11.4. The maximum atomic E-state index is 11.9. The van der Waals surface area contributed by atoms with Gasteiger partial charge in [-0.15, -0.1) is 5.10 Å². The second kappa shape index (κ2) is 5.95. The lowest BCUT2D eigenvalue weighted by molar-refractivity contribution is 0.0944. The highest BCUT2D eigenvalue weighted by Crippen LogP contribution is 2.17. The first-order valence-electron chi connectivity index (χ1n) is 6.85. The van der Waals surface area contributed by atoms with Crippen LogP contribution in [0.1, 0.15) is 42.8 Å². The molecule has 0 aliphatic carbocycles. The van der Waals surface area contributed by atoms with Crippen LogP contribution in [-0.2, 0) is 11.8 Å². The van der Waals surface area contributed by atoms with Gasteiger partial charge in [0.05, 0.1) is 0 Å². The number of carbonyl (C=O) groups is 1. The number of carbonyl (C=O) groups excluding carboxylic acids is 1. The lowest BCUT2D eigenvalue weighted by Gasteiger charge is -2.12. The summed E-state index contributed by atoms with van der Waals surface area (Å²) in [6.07, 6.45) is 0.683. The standard InChI is InChI=1S/C15H20N4O2/c1-15(2,3)14-17-12(18-19-14)13(21)16-9-8-10-4-6-11(20)7-5-10/h4-7,20H,8-9H2,1-3H3,(H,16,21)(H,17,18,19). The van der Waals surface area contributed by atoms with Crippen molar-refractivity contribution in [3.63, 3.8) is 0 Å². The zero-order chi connectivity index (χ0) is 15.5. The Morgan fingerprint density at radius 3 is 2.52 bits per heavy atom. The van der Waals surface area contributed by atoms with Crippen LogP contribution in [0, 0.1) is 0 Å². The molecule has 6 nitrogen and oxygen atoms in total. The summed E-state index contributed by atoms with van der Waals surface area (Å²) >= 11 is 0. The summed E-state index contributed by atoms with van der Waals surface area (Å²) in [5, 5.41) is 18.7. The molecular formula is C15H20N4O2. The highest BCUT2D eigenvalue weighted by atomic mass is 16.3. The van der Waals surface area contributed by atoms with Crippen molar-refractivity contribution in [2.45, 2.75) is 32.6 Å². The number of aromatic amines is 1. The Labute approximate surface area is 123 Å². The molecule has 0 atom stereocenters. The molecule has 0 aliphatic rings. The van der Waals surface area contributed by atoms with E-state index >= 15 is 0 Å². The van der Waals surface area contributed by atoms with E-state index in [2.05, 4.69) is 20.5 Å². The molecule has 0 saturated heterocycles. The summed E-state index contributed by atoms with van der Waals surface area (Å²) in [4.78, 5) is 16.1. The van der Waals surface area contributed by atoms with Gasteiger partial charge in [-0.25, -0.2) is 4.98 Å². The first kappa shape index (κ1) is 15.0. The number of rotatable bonds is 4. The summed E-state index contributed by atoms with van der Waals surface area (Å²) in [7, 11) is 0. The zero-order valence-electron chi connectivity index (χ0n) is 12.5.